The van der Waals surface area contributed by atoms with Crippen LogP contribution in [0.25, 0.3) is 0 Å². The zero-order chi connectivity index (χ0) is 16.8. The number of hydrogen-bond acceptors (Lipinski definition) is 3. The molecule has 24 heavy (non-hydrogen) atoms. The van der Waals surface area contributed by atoms with E-state index >= 15 is 0 Å². The van der Waals surface area contributed by atoms with Gasteiger partial charge in [0.2, 0.25) is 5.91 Å². The predicted octanol–water partition coefficient (Wildman–Crippen LogP) is 2.11. The second-order valence-electron chi connectivity index (χ2n) is 6.62. The predicted molar refractivity (Wildman–Crippen MR) is 94.4 cm³/mol. The number of rotatable bonds is 7. The largest absolute Gasteiger partial charge is 0.356 e. The van der Waals surface area contributed by atoms with Gasteiger partial charge in [0.1, 0.15) is 5.82 Å². The summed E-state index contributed by atoms with van der Waals surface area (Å²) in [5, 5.41) is 3.01. The Balaban J connectivity index is 1.45. The van der Waals surface area contributed by atoms with Crippen LogP contribution < -0.4 is 11.1 Å². The molecule has 0 saturated heterocycles. The summed E-state index contributed by atoms with van der Waals surface area (Å²) in [6.45, 7) is 1.42. The number of nitrogens with zero attached hydrogens (tertiary/aromatic N) is 2. The van der Waals surface area contributed by atoms with E-state index in [0.29, 0.717) is 18.9 Å². The monoisotopic (exact) mass is 326 g/mol. The average molecular weight is 326 g/mol. The molecule has 5 heteroatoms. The van der Waals surface area contributed by atoms with E-state index in [1.54, 1.807) is 0 Å². The molecule has 1 heterocycles. The van der Waals surface area contributed by atoms with Crippen molar-refractivity contribution in [2.75, 3.05) is 6.54 Å². The first-order valence-electron chi connectivity index (χ1n) is 8.78. The quantitative estimate of drug-likeness (QED) is 0.818. The van der Waals surface area contributed by atoms with E-state index in [1.807, 2.05) is 30.6 Å². The molecule has 3 N–H and O–H groups in total. The van der Waals surface area contributed by atoms with Crippen LogP contribution in [0.15, 0.2) is 42.7 Å². The zero-order valence-electron chi connectivity index (χ0n) is 14.0. The fraction of sp³-hybridized carbons (Fsp3) is 0.474. The van der Waals surface area contributed by atoms with Crippen molar-refractivity contribution >= 4 is 5.91 Å². The third-order valence-corrected chi connectivity index (χ3v) is 4.83. The Labute approximate surface area is 143 Å². The lowest BCUT2D eigenvalue weighted by atomic mass is 10.00. The van der Waals surface area contributed by atoms with E-state index < -0.39 is 0 Å². The molecule has 1 saturated carbocycles. The highest BCUT2D eigenvalue weighted by Crippen LogP contribution is 2.26. The molecule has 5 nitrogen and oxygen atoms in total. The van der Waals surface area contributed by atoms with Gasteiger partial charge in [0.05, 0.1) is 0 Å². The maximum absolute atomic E-state index is 12.1. The molecule has 0 unspecified atom stereocenters. The second kappa shape index (κ2) is 8.11. The fourth-order valence-corrected chi connectivity index (χ4v) is 3.44. The smallest absolute Gasteiger partial charge is 0.220 e. The summed E-state index contributed by atoms with van der Waals surface area (Å²) in [6, 6.07) is 10.5. The number of aromatic nitrogens is 2. The number of carbonyl (C=O) groups excluding carboxylic acids is 1. The summed E-state index contributed by atoms with van der Waals surface area (Å²) in [5.74, 6) is 1.46. The number of imidazole rings is 1. The molecule has 0 aliphatic heterocycles. The minimum Gasteiger partial charge on any atom is -0.356 e. The first-order chi connectivity index (χ1) is 11.7. The van der Waals surface area contributed by atoms with Crippen LogP contribution in [0.3, 0.4) is 0 Å². The van der Waals surface area contributed by atoms with E-state index in [4.69, 9.17) is 5.73 Å². The van der Waals surface area contributed by atoms with Gasteiger partial charge < -0.3 is 15.6 Å². The van der Waals surface area contributed by atoms with Gasteiger partial charge in [-0.25, -0.2) is 4.98 Å². The maximum Gasteiger partial charge on any atom is 0.220 e. The number of nitrogens with one attached hydrogen (secondary N) is 1. The Bertz CT molecular complexity index is 652. The molecule has 2 atom stereocenters. The lowest BCUT2D eigenvalue weighted by Crippen LogP contribution is -2.32. The van der Waals surface area contributed by atoms with Gasteiger partial charge in [-0.1, -0.05) is 36.8 Å². The van der Waals surface area contributed by atoms with Crippen LogP contribution in [0.1, 0.15) is 37.1 Å². The normalized spacial score (nSPS) is 20.2. The lowest BCUT2D eigenvalue weighted by Gasteiger charge is -2.15. The molecular weight excluding hydrogens is 300 g/mol. The van der Waals surface area contributed by atoms with Crippen molar-refractivity contribution in [3.8, 4) is 0 Å². The highest BCUT2D eigenvalue weighted by Gasteiger charge is 2.25. The van der Waals surface area contributed by atoms with Crippen LogP contribution >= 0.6 is 0 Å². The second-order valence-corrected chi connectivity index (χ2v) is 6.62. The van der Waals surface area contributed by atoms with E-state index in [9.17, 15) is 4.79 Å². The van der Waals surface area contributed by atoms with Gasteiger partial charge in [-0.3, -0.25) is 4.79 Å². The molecule has 128 valence electrons. The Morgan fingerprint density at radius 3 is 2.88 bits per heavy atom. The van der Waals surface area contributed by atoms with E-state index in [2.05, 4.69) is 27.0 Å². The molecule has 0 spiro atoms. The average Bonchev–Trinajstić information content (AvgIpc) is 3.18. The van der Waals surface area contributed by atoms with Crippen LogP contribution in [-0.2, 0) is 17.8 Å². The molecule has 1 aromatic carbocycles. The summed E-state index contributed by atoms with van der Waals surface area (Å²) >= 11 is 0. The lowest BCUT2D eigenvalue weighted by molar-refractivity contribution is -0.122. The van der Waals surface area contributed by atoms with Gasteiger partial charge in [0, 0.05) is 44.4 Å². The van der Waals surface area contributed by atoms with Gasteiger partial charge in [0.15, 0.2) is 0 Å². The van der Waals surface area contributed by atoms with Gasteiger partial charge in [0.25, 0.3) is 0 Å². The molecular formula is C19H26N4O. The van der Waals surface area contributed by atoms with E-state index in [0.717, 1.165) is 38.1 Å². The summed E-state index contributed by atoms with van der Waals surface area (Å²) in [4.78, 5) is 16.5. The minimum atomic E-state index is 0.110. The molecule has 2 aromatic rings. The highest BCUT2D eigenvalue weighted by molar-refractivity contribution is 5.76. The molecule has 1 aliphatic carbocycles. The van der Waals surface area contributed by atoms with Gasteiger partial charge >= 0.3 is 0 Å². The van der Waals surface area contributed by atoms with E-state index in [-0.39, 0.29) is 11.9 Å². The first kappa shape index (κ1) is 16.7. The Hall–Kier alpha value is -2.14. The van der Waals surface area contributed by atoms with Crippen molar-refractivity contribution in [2.24, 2.45) is 11.7 Å². The van der Waals surface area contributed by atoms with Crippen molar-refractivity contribution in [1.29, 1.82) is 0 Å². The summed E-state index contributed by atoms with van der Waals surface area (Å²) in [6.07, 6.45) is 8.38. The Kier molecular flexibility index (Phi) is 5.64. The van der Waals surface area contributed by atoms with Gasteiger partial charge in [-0.2, -0.15) is 0 Å². The molecule has 0 radical (unpaired) electrons. The topological polar surface area (TPSA) is 72.9 Å². The maximum atomic E-state index is 12.1. The number of hydrogen-bond donors (Lipinski definition) is 2. The van der Waals surface area contributed by atoms with Crippen molar-refractivity contribution in [1.82, 2.24) is 14.9 Å². The van der Waals surface area contributed by atoms with Crippen LogP contribution in [-0.4, -0.2) is 28.0 Å². The number of nitrogens with two attached hydrogens (primary N) is 1. The molecule has 1 aliphatic rings. The fourth-order valence-electron chi connectivity index (χ4n) is 3.44. The van der Waals surface area contributed by atoms with E-state index in [1.165, 1.54) is 5.56 Å². The Morgan fingerprint density at radius 2 is 2.12 bits per heavy atom. The van der Waals surface area contributed by atoms with Crippen LogP contribution in [0.2, 0.25) is 0 Å². The minimum absolute atomic E-state index is 0.110. The molecule has 1 amide bonds. The number of benzene rings is 1. The Morgan fingerprint density at radius 1 is 1.29 bits per heavy atom. The van der Waals surface area contributed by atoms with Crippen molar-refractivity contribution < 1.29 is 4.79 Å². The zero-order valence-corrected chi connectivity index (χ0v) is 14.0. The molecule has 3 rings (SSSR count). The third kappa shape index (κ3) is 4.45. The standard InChI is InChI=1S/C19H26N4O/c20-17-8-4-7-16(17)13-19(24)22-10-9-18-21-11-12-23(18)14-15-5-2-1-3-6-15/h1-3,5-6,11-12,16-17H,4,7-10,13-14,20H2,(H,22,24)/t16-,17+/m0/s1. The summed E-state index contributed by atoms with van der Waals surface area (Å²) in [7, 11) is 0. The van der Waals surface area contributed by atoms with Crippen LogP contribution in [0.5, 0.6) is 0 Å². The first-order valence-corrected chi connectivity index (χ1v) is 8.78. The van der Waals surface area contributed by atoms with Crippen molar-refractivity contribution in [3.63, 3.8) is 0 Å². The summed E-state index contributed by atoms with van der Waals surface area (Å²) < 4.78 is 2.13. The van der Waals surface area contributed by atoms with Crippen molar-refractivity contribution in [3.05, 3.63) is 54.1 Å². The molecule has 1 aromatic heterocycles. The van der Waals surface area contributed by atoms with Crippen molar-refractivity contribution in [2.45, 2.75) is 44.7 Å². The van der Waals surface area contributed by atoms with Crippen LogP contribution in [0, 0.1) is 5.92 Å². The molecule has 0 bridgehead atoms. The van der Waals surface area contributed by atoms with Gasteiger partial charge in [-0.15, -0.1) is 0 Å². The number of carbonyl (C=O) groups is 1. The number of amides is 1. The summed E-state index contributed by atoms with van der Waals surface area (Å²) in [5.41, 5.74) is 7.28. The SMILES string of the molecule is N[C@@H]1CCC[C@H]1CC(=O)NCCc1nccn1Cc1ccccc1. The highest BCUT2D eigenvalue weighted by atomic mass is 16.1. The van der Waals surface area contributed by atoms with Gasteiger partial charge in [-0.05, 0) is 24.3 Å². The third-order valence-electron chi connectivity index (χ3n) is 4.83. The molecule has 1 fully saturated rings. The van der Waals surface area contributed by atoms with Crippen LogP contribution in [0.4, 0.5) is 0 Å².